The summed E-state index contributed by atoms with van der Waals surface area (Å²) in [6, 6.07) is 5.80. The van der Waals surface area contributed by atoms with Crippen molar-refractivity contribution in [2.24, 2.45) is 5.92 Å². The van der Waals surface area contributed by atoms with Gasteiger partial charge in [0.05, 0.1) is 18.1 Å². The molecule has 4 N–H and O–H groups in total. The fraction of sp³-hybridized carbons (Fsp3) is 0.350. The van der Waals surface area contributed by atoms with Crippen LogP contribution in [0.1, 0.15) is 35.3 Å². The molecule has 1 aliphatic carbocycles. The van der Waals surface area contributed by atoms with Gasteiger partial charge in [0, 0.05) is 36.7 Å². The maximum Gasteiger partial charge on any atom is 0.273 e. The normalized spacial score (nSPS) is 18.6. The van der Waals surface area contributed by atoms with Crippen LogP contribution in [0.4, 0.5) is 5.82 Å². The lowest BCUT2D eigenvalue weighted by atomic mass is 10.0. The molecule has 0 bridgehead atoms. The van der Waals surface area contributed by atoms with E-state index >= 15 is 0 Å². The summed E-state index contributed by atoms with van der Waals surface area (Å²) in [4.78, 5) is 32.7. The summed E-state index contributed by atoms with van der Waals surface area (Å²) in [7, 11) is 0. The second-order valence-electron chi connectivity index (χ2n) is 7.24. The van der Waals surface area contributed by atoms with Crippen molar-refractivity contribution in [2.45, 2.75) is 31.7 Å². The molecule has 0 radical (unpaired) electrons. The van der Waals surface area contributed by atoms with Gasteiger partial charge in [0.1, 0.15) is 0 Å². The number of amides is 2. The van der Waals surface area contributed by atoms with E-state index in [1.165, 1.54) is 12.4 Å². The first-order chi connectivity index (χ1) is 14.1. The zero-order valence-corrected chi connectivity index (χ0v) is 15.9. The monoisotopic (exact) mass is 393 g/mol. The Morgan fingerprint density at radius 3 is 2.93 bits per heavy atom. The van der Waals surface area contributed by atoms with E-state index in [1.807, 2.05) is 24.4 Å². The van der Waals surface area contributed by atoms with E-state index in [4.69, 9.17) is 5.73 Å². The first-order valence-electron chi connectivity index (χ1n) is 9.67. The van der Waals surface area contributed by atoms with Crippen LogP contribution in [0.3, 0.4) is 0 Å². The highest BCUT2D eigenvalue weighted by Crippen LogP contribution is 2.25. The zero-order valence-electron chi connectivity index (χ0n) is 15.9. The predicted molar refractivity (Wildman–Crippen MR) is 107 cm³/mol. The van der Waals surface area contributed by atoms with Gasteiger partial charge in [-0.3, -0.25) is 9.59 Å². The number of hydrogen-bond donors (Lipinski definition) is 3. The summed E-state index contributed by atoms with van der Waals surface area (Å²) in [6.07, 6.45) is 9.59. The number of aromatic nitrogens is 4. The first-order valence-corrected chi connectivity index (χ1v) is 9.67. The highest BCUT2D eigenvalue weighted by atomic mass is 16.2. The maximum absolute atomic E-state index is 12.6. The van der Waals surface area contributed by atoms with Gasteiger partial charge in [-0.25, -0.2) is 14.5 Å². The van der Waals surface area contributed by atoms with Gasteiger partial charge in [0.15, 0.2) is 11.5 Å². The predicted octanol–water partition coefficient (Wildman–Crippen LogP) is 0.964. The Balaban J connectivity index is 1.33. The van der Waals surface area contributed by atoms with E-state index in [0.29, 0.717) is 6.54 Å². The minimum absolute atomic E-state index is 0.0313. The Bertz CT molecular complexity index is 1030. The molecular weight excluding hydrogens is 370 g/mol. The SMILES string of the molecule is Nc1nccnc1C(=O)NCC1CCCC1NC(=O)Cc1cnn2ccccc12. The smallest absolute Gasteiger partial charge is 0.273 e. The Morgan fingerprint density at radius 1 is 1.21 bits per heavy atom. The van der Waals surface area contributed by atoms with Gasteiger partial charge in [-0.2, -0.15) is 5.10 Å². The fourth-order valence-corrected chi connectivity index (χ4v) is 3.86. The van der Waals surface area contributed by atoms with Gasteiger partial charge in [-0.15, -0.1) is 0 Å². The van der Waals surface area contributed by atoms with Gasteiger partial charge in [-0.1, -0.05) is 12.5 Å². The quantitative estimate of drug-likeness (QED) is 0.572. The molecule has 1 saturated carbocycles. The third-order valence-corrected chi connectivity index (χ3v) is 5.33. The molecule has 3 aromatic heterocycles. The molecule has 3 aromatic rings. The Labute approximate surface area is 167 Å². The molecule has 2 unspecified atom stereocenters. The molecule has 150 valence electrons. The van der Waals surface area contributed by atoms with Crippen molar-refractivity contribution >= 4 is 23.1 Å². The number of carbonyl (C=O) groups excluding carboxylic acids is 2. The van der Waals surface area contributed by atoms with Crippen LogP contribution < -0.4 is 16.4 Å². The molecule has 1 aliphatic rings. The molecule has 9 heteroatoms. The number of nitrogens with one attached hydrogen (secondary N) is 2. The summed E-state index contributed by atoms with van der Waals surface area (Å²) < 4.78 is 1.76. The summed E-state index contributed by atoms with van der Waals surface area (Å²) in [5.41, 5.74) is 7.65. The minimum atomic E-state index is -0.348. The number of hydrogen-bond acceptors (Lipinski definition) is 6. The summed E-state index contributed by atoms with van der Waals surface area (Å²) >= 11 is 0. The van der Waals surface area contributed by atoms with E-state index in [0.717, 1.165) is 30.3 Å². The number of nitrogens with two attached hydrogens (primary N) is 1. The average Bonchev–Trinajstić information content (AvgIpc) is 3.33. The van der Waals surface area contributed by atoms with Crippen molar-refractivity contribution in [1.82, 2.24) is 30.2 Å². The van der Waals surface area contributed by atoms with Crippen molar-refractivity contribution in [3.8, 4) is 0 Å². The van der Waals surface area contributed by atoms with Crippen LogP contribution in [0.5, 0.6) is 0 Å². The average molecular weight is 393 g/mol. The zero-order chi connectivity index (χ0) is 20.2. The molecule has 0 aromatic carbocycles. The van der Waals surface area contributed by atoms with Crippen LogP contribution in [0.15, 0.2) is 43.0 Å². The standard InChI is InChI=1S/C20H23N7O2/c21-19-18(22-7-8-23-19)20(29)24-11-13-4-3-5-15(13)26-17(28)10-14-12-25-27-9-2-1-6-16(14)27/h1-2,6-9,12-13,15H,3-5,10-11H2,(H2,21,23)(H,24,29)(H,26,28). The van der Waals surface area contributed by atoms with Gasteiger partial charge in [0.25, 0.3) is 5.91 Å². The number of pyridine rings is 1. The Morgan fingerprint density at radius 2 is 2.07 bits per heavy atom. The summed E-state index contributed by atoms with van der Waals surface area (Å²) in [6.45, 7) is 0.455. The summed E-state index contributed by atoms with van der Waals surface area (Å²) in [5.74, 6) is -0.108. The molecule has 0 aliphatic heterocycles. The lowest BCUT2D eigenvalue weighted by Gasteiger charge is -2.21. The number of fused-ring (bicyclic) bond motifs is 1. The third kappa shape index (κ3) is 4.18. The number of carbonyl (C=O) groups is 2. The van der Waals surface area contributed by atoms with Crippen LogP contribution in [0, 0.1) is 5.92 Å². The maximum atomic E-state index is 12.6. The van der Waals surface area contributed by atoms with Crippen molar-refractivity contribution in [1.29, 1.82) is 0 Å². The second kappa shape index (κ2) is 8.26. The molecule has 9 nitrogen and oxygen atoms in total. The van der Waals surface area contributed by atoms with E-state index in [2.05, 4.69) is 25.7 Å². The molecule has 2 amide bonds. The highest BCUT2D eigenvalue weighted by Gasteiger charge is 2.29. The van der Waals surface area contributed by atoms with Crippen LogP contribution in [-0.4, -0.2) is 44.0 Å². The van der Waals surface area contributed by atoms with Crippen molar-refractivity contribution in [3.05, 3.63) is 54.2 Å². The fourth-order valence-electron chi connectivity index (χ4n) is 3.86. The van der Waals surface area contributed by atoms with Crippen LogP contribution in [-0.2, 0) is 11.2 Å². The van der Waals surface area contributed by atoms with Crippen LogP contribution in [0.25, 0.3) is 5.52 Å². The van der Waals surface area contributed by atoms with E-state index in [-0.39, 0.29) is 41.7 Å². The molecule has 29 heavy (non-hydrogen) atoms. The van der Waals surface area contributed by atoms with Gasteiger partial charge in [0.2, 0.25) is 5.91 Å². The Kier molecular flexibility index (Phi) is 5.37. The molecular formula is C20H23N7O2. The topological polar surface area (TPSA) is 127 Å². The van der Waals surface area contributed by atoms with E-state index < -0.39 is 0 Å². The highest BCUT2D eigenvalue weighted by molar-refractivity contribution is 5.96. The first kappa shape index (κ1) is 18.9. The van der Waals surface area contributed by atoms with Crippen molar-refractivity contribution in [3.63, 3.8) is 0 Å². The molecule has 2 atom stereocenters. The molecule has 0 spiro atoms. The molecule has 0 saturated heterocycles. The third-order valence-electron chi connectivity index (χ3n) is 5.33. The number of nitrogens with zero attached hydrogens (tertiary/aromatic N) is 4. The number of nitrogen functional groups attached to an aromatic ring is 1. The number of anilines is 1. The number of rotatable bonds is 6. The second-order valence-corrected chi connectivity index (χ2v) is 7.24. The largest absolute Gasteiger partial charge is 0.382 e. The van der Waals surface area contributed by atoms with E-state index in [9.17, 15) is 9.59 Å². The van der Waals surface area contributed by atoms with Gasteiger partial charge < -0.3 is 16.4 Å². The lowest BCUT2D eigenvalue weighted by Crippen LogP contribution is -2.42. The lowest BCUT2D eigenvalue weighted by molar-refractivity contribution is -0.121. The van der Waals surface area contributed by atoms with E-state index in [1.54, 1.807) is 10.7 Å². The van der Waals surface area contributed by atoms with Crippen molar-refractivity contribution < 1.29 is 9.59 Å². The Hall–Kier alpha value is -3.49. The van der Waals surface area contributed by atoms with Gasteiger partial charge in [-0.05, 0) is 30.9 Å². The van der Waals surface area contributed by atoms with Crippen LogP contribution >= 0.6 is 0 Å². The molecule has 4 rings (SSSR count). The molecule has 1 fully saturated rings. The minimum Gasteiger partial charge on any atom is -0.382 e. The van der Waals surface area contributed by atoms with Crippen LogP contribution in [0.2, 0.25) is 0 Å². The molecule has 3 heterocycles. The van der Waals surface area contributed by atoms with Gasteiger partial charge >= 0.3 is 0 Å². The van der Waals surface area contributed by atoms with Crippen molar-refractivity contribution in [2.75, 3.05) is 12.3 Å². The summed E-state index contributed by atoms with van der Waals surface area (Å²) in [5, 5.41) is 10.3.